The third-order valence-electron chi connectivity index (χ3n) is 5.73. The van der Waals surface area contributed by atoms with Gasteiger partial charge in [-0.1, -0.05) is 40.6 Å². The maximum absolute atomic E-state index is 13.3. The number of ketones is 1. The molecule has 3 aromatic rings. The number of anilines is 1. The molecule has 36 heavy (non-hydrogen) atoms. The number of amides is 1. The van der Waals surface area contributed by atoms with Gasteiger partial charge in [-0.25, -0.2) is 9.78 Å². The Balaban J connectivity index is 1.97. The number of ether oxygens (including phenoxy) is 2. The number of hydrogen-bond donors (Lipinski definition) is 1. The average Bonchev–Trinajstić information content (AvgIpc) is 3.34. The van der Waals surface area contributed by atoms with E-state index in [0.29, 0.717) is 27.6 Å². The lowest BCUT2D eigenvalue weighted by Crippen LogP contribution is -2.29. The molecule has 2 aromatic carbocycles. The molecule has 0 spiro atoms. The number of nitrogens with zero attached hydrogens (tertiary/aromatic N) is 2. The number of Topliss-reactive ketones (excluding diaryl/α,β-unsaturated/α-hetero) is 1. The van der Waals surface area contributed by atoms with Crippen molar-refractivity contribution in [1.29, 1.82) is 0 Å². The number of thiazole rings is 1. The number of aromatic nitrogens is 1. The van der Waals surface area contributed by atoms with E-state index in [4.69, 9.17) is 32.7 Å². The van der Waals surface area contributed by atoms with Crippen molar-refractivity contribution in [3.8, 4) is 5.75 Å². The molecule has 186 valence electrons. The second-order valence-corrected chi connectivity index (χ2v) is 9.74. The molecule has 0 bridgehead atoms. The summed E-state index contributed by atoms with van der Waals surface area (Å²) in [6.07, 6.45) is 0. The van der Waals surface area contributed by atoms with Crippen LogP contribution in [-0.4, -0.2) is 42.0 Å². The third-order valence-corrected chi connectivity index (χ3v) is 7.43. The molecule has 8 nitrogen and oxygen atoms in total. The summed E-state index contributed by atoms with van der Waals surface area (Å²) in [5.41, 5.74) is 1.53. The molecule has 1 saturated heterocycles. The molecule has 4 rings (SSSR count). The van der Waals surface area contributed by atoms with E-state index in [1.807, 2.05) is 0 Å². The van der Waals surface area contributed by atoms with Crippen molar-refractivity contribution < 1.29 is 29.0 Å². The molecule has 1 aliphatic heterocycles. The van der Waals surface area contributed by atoms with Crippen LogP contribution in [0.3, 0.4) is 0 Å². The van der Waals surface area contributed by atoms with Gasteiger partial charge in [0.1, 0.15) is 16.4 Å². The van der Waals surface area contributed by atoms with Crippen LogP contribution >= 0.6 is 34.5 Å². The SMILES string of the molecule is COC(=O)c1sc(N2C(=O)C(=O)C(=C(O)c3ccc(OC)c(C)c3)[C@H]2c2ccc(Cl)cc2Cl)nc1C. The minimum atomic E-state index is -1.13. The van der Waals surface area contributed by atoms with Crippen LogP contribution in [0.1, 0.15) is 38.1 Å². The average molecular weight is 547 g/mol. The first-order valence-corrected chi connectivity index (χ1v) is 12.1. The lowest BCUT2D eigenvalue weighted by atomic mass is 9.95. The molecule has 1 N–H and O–H groups in total. The monoisotopic (exact) mass is 546 g/mol. The molecule has 0 radical (unpaired) electrons. The summed E-state index contributed by atoms with van der Waals surface area (Å²) in [5, 5.41) is 11.9. The van der Waals surface area contributed by atoms with Gasteiger partial charge in [0.25, 0.3) is 5.78 Å². The topological polar surface area (TPSA) is 106 Å². The maximum atomic E-state index is 13.3. The molecule has 1 amide bonds. The zero-order valence-electron chi connectivity index (χ0n) is 19.6. The third kappa shape index (κ3) is 4.34. The van der Waals surface area contributed by atoms with Crippen LogP contribution in [0, 0.1) is 13.8 Å². The van der Waals surface area contributed by atoms with Crippen LogP contribution in [0.15, 0.2) is 42.0 Å². The normalized spacial score (nSPS) is 16.9. The molecular weight excluding hydrogens is 527 g/mol. The Hall–Kier alpha value is -3.40. The summed E-state index contributed by atoms with van der Waals surface area (Å²) >= 11 is 13.5. The Morgan fingerprint density at radius 1 is 1.11 bits per heavy atom. The van der Waals surface area contributed by atoms with E-state index in [1.165, 1.54) is 20.3 Å². The molecule has 0 unspecified atom stereocenters. The Morgan fingerprint density at radius 3 is 2.44 bits per heavy atom. The fraction of sp³-hybridized carbons (Fsp3) is 0.200. The summed E-state index contributed by atoms with van der Waals surface area (Å²) in [6, 6.07) is 8.35. The number of aliphatic hydroxyl groups is 1. The van der Waals surface area contributed by atoms with Crippen molar-refractivity contribution in [2.75, 3.05) is 19.1 Å². The predicted molar refractivity (Wildman–Crippen MR) is 137 cm³/mol. The number of carbonyl (C=O) groups excluding carboxylic acids is 3. The molecule has 1 fully saturated rings. The van der Waals surface area contributed by atoms with E-state index < -0.39 is 23.7 Å². The fourth-order valence-electron chi connectivity index (χ4n) is 4.00. The highest BCUT2D eigenvalue weighted by atomic mass is 35.5. The standard InChI is InChI=1S/C25H20Cl2N2O6S/c1-11-9-13(5-8-17(11)34-3)20(30)18-19(15-7-6-14(26)10-16(15)27)29(23(32)21(18)31)25-28-12(2)22(36-25)24(33)35-4/h5-10,19,30H,1-4H3/t19-/m1/s1. The van der Waals surface area contributed by atoms with E-state index >= 15 is 0 Å². The van der Waals surface area contributed by atoms with Gasteiger partial charge in [0.05, 0.1) is 31.5 Å². The van der Waals surface area contributed by atoms with Crippen molar-refractivity contribution in [3.63, 3.8) is 0 Å². The van der Waals surface area contributed by atoms with Gasteiger partial charge in [-0.15, -0.1) is 0 Å². The van der Waals surface area contributed by atoms with Gasteiger partial charge < -0.3 is 14.6 Å². The first kappa shape index (κ1) is 25.7. The number of methoxy groups -OCH3 is 2. The van der Waals surface area contributed by atoms with Crippen LogP contribution in [0.4, 0.5) is 5.13 Å². The van der Waals surface area contributed by atoms with E-state index in [2.05, 4.69) is 4.98 Å². The van der Waals surface area contributed by atoms with Crippen LogP contribution in [0.5, 0.6) is 5.75 Å². The fourth-order valence-corrected chi connectivity index (χ4v) is 5.52. The van der Waals surface area contributed by atoms with Crippen LogP contribution in [0.25, 0.3) is 5.76 Å². The van der Waals surface area contributed by atoms with Gasteiger partial charge in [0, 0.05) is 15.6 Å². The van der Waals surface area contributed by atoms with Crippen molar-refractivity contribution in [2.45, 2.75) is 19.9 Å². The number of hydrogen-bond acceptors (Lipinski definition) is 8. The van der Waals surface area contributed by atoms with Crippen LogP contribution < -0.4 is 9.64 Å². The van der Waals surface area contributed by atoms with Gasteiger partial charge in [0.15, 0.2) is 5.13 Å². The molecule has 1 aliphatic rings. The number of halogens is 2. The second kappa shape index (κ2) is 9.93. The second-order valence-electron chi connectivity index (χ2n) is 7.92. The largest absolute Gasteiger partial charge is 0.507 e. The molecule has 0 aliphatic carbocycles. The molecular formula is C25H20Cl2N2O6S. The first-order valence-electron chi connectivity index (χ1n) is 10.6. The quantitative estimate of drug-likeness (QED) is 0.195. The molecule has 1 aromatic heterocycles. The molecule has 1 atom stereocenters. The zero-order chi connectivity index (χ0) is 26.3. The predicted octanol–water partition coefficient (Wildman–Crippen LogP) is 5.49. The van der Waals surface area contributed by atoms with E-state index in [-0.39, 0.29) is 26.4 Å². The lowest BCUT2D eigenvalue weighted by molar-refractivity contribution is -0.132. The Kier molecular flexibility index (Phi) is 7.08. The Labute approximate surface area is 220 Å². The number of rotatable bonds is 5. The highest BCUT2D eigenvalue weighted by molar-refractivity contribution is 7.17. The number of aliphatic hydroxyl groups excluding tert-OH is 1. The summed E-state index contributed by atoms with van der Waals surface area (Å²) in [5.74, 6) is -2.27. The van der Waals surface area contributed by atoms with E-state index in [1.54, 1.807) is 44.2 Å². The Bertz CT molecular complexity index is 1450. The lowest BCUT2D eigenvalue weighted by Gasteiger charge is -2.24. The summed E-state index contributed by atoms with van der Waals surface area (Å²) in [6.45, 7) is 3.38. The van der Waals surface area contributed by atoms with Gasteiger partial charge >= 0.3 is 11.9 Å². The number of benzene rings is 2. The zero-order valence-corrected chi connectivity index (χ0v) is 21.9. The minimum Gasteiger partial charge on any atom is -0.507 e. The summed E-state index contributed by atoms with van der Waals surface area (Å²) < 4.78 is 10.1. The minimum absolute atomic E-state index is 0.0796. The maximum Gasteiger partial charge on any atom is 0.350 e. The van der Waals surface area contributed by atoms with Crippen LogP contribution in [0.2, 0.25) is 10.0 Å². The van der Waals surface area contributed by atoms with E-state index in [9.17, 15) is 19.5 Å². The number of aryl methyl sites for hydroxylation is 2. The van der Waals surface area contributed by atoms with Crippen LogP contribution in [-0.2, 0) is 14.3 Å². The van der Waals surface area contributed by atoms with Gasteiger partial charge in [-0.05, 0) is 55.3 Å². The Morgan fingerprint density at radius 2 is 1.83 bits per heavy atom. The highest BCUT2D eigenvalue weighted by Crippen LogP contribution is 2.46. The van der Waals surface area contributed by atoms with Crippen molar-refractivity contribution in [1.82, 2.24) is 4.98 Å². The van der Waals surface area contributed by atoms with Gasteiger partial charge in [-0.3, -0.25) is 14.5 Å². The van der Waals surface area contributed by atoms with Gasteiger partial charge in [0.2, 0.25) is 0 Å². The first-order chi connectivity index (χ1) is 17.1. The molecule has 2 heterocycles. The summed E-state index contributed by atoms with van der Waals surface area (Å²) in [4.78, 5) is 44.5. The highest BCUT2D eigenvalue weighted by Gasteiger charge is 2.49. The summed E-state index contributed by atoms with van der Waals surface area (Å²) in [7, 11) is 2.76. The van der Waals surface area contributed by atoms with E-state index in [0.717, 1.165) is 21.8 Å². The van der Waals surface area contributed by atoms with Crippen molar-refractivity contribution >= 4 is 63.1 Å². The number of esters is 1. The van der Waals surface area contributed by atoms with Crippen molar-refractivity contribution in [3.05, 3.63) is 79.3 Å². The van der Waals surface area contributed by atoms with Gasteiger partial charge in [-0.2, -0.15) is 0 Å². The smallest absolute Gasteiger partial charge is 0.350 e. The molecule has 0 saturated carbocycles. The number of carbonyl (C=O) groups is 3. The molecule has 11 heteroatoms. The van der Waals surface area contributed by atoms with Crippen molar-refractivity contribution in [2.24, 2.45) is 0 Å².